The Labute approximate surface area is 157 Å². The smallest absolute Gasteiger partial charge is 0.266 e. The molecule has 2 aromatic heterocycles. The molecule has 1 aromatic carbocycles. The molecule has 1 saturated heterocycles. The molecule has 0 spiro atoms. The summed E-state index contributed by atoms with van der Waals surface area (Å²) >= 11 is 0. The van der Waals surface area contributed by atoms with Gasteiger partial charge >= 0.3 is 0 Å². The fourth-order valence-electron chi connectivity index (χ4n) is 3.44. The Morgan fingerprint density at radius 3 is 2.19 bits per heavy atom. The van der Waals surface area contributed by atoms with Gasteiger partial charge in [0.05, 0.1) is 5.69 Å². The maximum Gasteiger partial charge on any atom is 0.266 e. The van der Waals surface area contributed by atoms with E-state index < -0.39 is 0 Å². The molecule has 1 fully saturated rings. The van der Waals surface area contributed by atoms with Gasteiger partial charge in [-0.1, -0.05) is 30.3 Å². The highest BCUT2D eigenvalue weighted by Crippen LogP contribution is 2.28. The summed E-state index contributed by atoms with van der Waals surface area (Å²) < 4.78 is 0. The Bertz CT molecular complexity index is 973. The lowest BCUT2D eigenvalue weighted by Gasteiger charge is -2.36. The van der Waals surface area contributed by atoms with E-state index in [0.717, 1.165) is 60.5 Å². The summed E-state index contributed by atoms with van der Waals surface area (Å²) in [6, 6.07) is 13.5. The van der Waals surface area contributed by atoms with Gasteiger partial charge in [-0.2, -0.15) is 5.10 Å². The molecule has 0 atom stereocenters. The van der Waals surface area contributed by atoms with E-state index in [2.05, 4.69) is 30.0 Å². The van der Waals surface area contributed by atoms with Gasteiger partial charge in [0.1, 0.15) is 5.69 Å². The molecule has 27 heavy (non-hydrogen) atoms. The first kappa shape index (κ1) is 17.2. The Morgan fingerprint density at radius 2 is 1.52 bits per heavy atom. The van der Waals surface area contributed by atoms with E-state index in [-0.39, 0.29) is 5.56 Å². The summed E-state index contributed by atoms with van der Waals surface area (Å²) in [5, 5.41) is 6.87. The molecule has 0 unspecified atom stereocenters. The topological polar surface area (TPSA) is 78.0 Å². The zero-order valence-electron chi connectivity index (χ0n) is 15.5. The molecule has 0 aliphatic carbocycles. The van der Waals surface area contributed by atoms with Crippen LogP contribution in [0.5, 0.6) is 0 Å². The summed E-state index contributed by atoms with van der Waals surface area (Å²) in [7, 11) is 0. The predicted octanol–water partition coefficient (Wildman–Crippen LogP) is 2.17. The first-order valence-electron chi connectivity index (χ1n) is 9.07. The van der Waals surface area contributed by atoms with E-state index in [1.807, 2.05) is 50.2 Å². The Balaban J connectivity index is 1.58. The monoisotopic (exact) mass is 362 g/mol. The molecule has 138 valence electrons. The van der Waals surface area contributed by atoms with Gasteiger partial charge in [0.15, 0.2) is 0 Å². The van der Waals surface area contributed by atoms with Crippen LogP contribution < -0.4 is 15.4 Å². The number of piperazine rings is 1. The number of anilines is 2. The van der Waals surface area contributed by atoms with Crippen molar-refractivity contribution in [2.45, 2.75) is 13.8 Å². The van der Waals surface area contributed by atoms with Crippen LogP contribution in [-0.4, -0.2) is 46.3 Å². The minimum atomic E-state index is -0.190. The van der Waals surface area contributed by atoms with Crippen LogP contribution in [0.1, 0.15) is 11.4 Å². The molecular weight excluding hydrogens is 340 g/mol. The van der Waals surface area contributed by atoms with Crippen LogP contribution >= 0.6 is 0 Å². The van der Waals surface area contributed by atoms with E-state index in [1.165, 1.54) is 0 Å². The highest BCUT2D eigenvalue weighted by atomic mass is 16.1. The number of benzene rings is 1. The lowest BCUT2D eigenvalue weighted by atomic mass is 10.1. The van der Waals surface area contributed by atoms with E-state index in [1.54, 1.807) is 6.07 Å². The standard InChI is InChI=1S/C20H22N6O/c1-14-12-15(2)22-20(21-14)26-10-8-25(9-11-26)17-13-18(27)23-24-19(17)16-6-4-3-5-7-16/h3-7,12-13H,8-11H2,1-2H3,(H,23,27). The average Bonchev–Trinajstić information content (AvgIpc) is 2.68. The van der Waals surface area contributed by atoms with Crippen LogP contribution in [0.4, 0.5) is 11.6 Å². The van der Waals surface area contributed by atoms with Gasteiger partial charge in [0.25, 0.3) is 5.56 Å². The molecular formula is C20H22N6O. The highest BCUT2D eigenvalue weighted by Gasteiger charge is 2.22. The van der Waals surface area contributed by atoms with E-state index in [0.29, 0.717) is 0 Å². The minimum Gasteiger partial charge on any atom is -0.366 e. The molecule has 1 N–H and O–H groups in total. The Kier molecular flexibility index (Phi) is 4.58. The predicted molar refractivity (Wildman–Crippen MR) is 106 cm³/mol. The number of hydrogen-bond acceptors (Lipinski definition) is 6. The third-order valence-electron chi connectivity index (χ3n) is 4.71. The highest BCUT2D eigenvalue weighted by molar-refractivity contribution is 5.74. The lowest BCUT2D eigenvalue weighted by molar-refractivity contribution is 0.637. The SMILES string of the molecule is Cc1cc(C)nc(N2CCN(c3cc(=O)[nH]nc3-c3ccccc3)CC2)n1. The van der Waals surface area contributed by atoms with Crippen LogP contribution in [0.15, 0.2) is 47.3 Å². The quantitative estimate of drug-likeness (QED) is 0.769. The van der Waals surface area contributed by atoms with Gasteiger partial charge in [0.2, 0.25) is 5.95 Å². The summed E-state index contributed by atoms with van der Waals surface area (Å²) in [6.07, 6.45) is 0. The van der Waals surface area contributed by atoms with Crippen molar-refractivity contribution in [1.82, 2.24) is 20.2 Å². The zero-order chi connectivity index (χ0) is 18.8. The van der Waals surface area contributed by atoms with Gasteiger partial charge in [-0.25, -0.2) is 15.1 Å². The zero-order valence-corrected chi connectivity index (χ0v) is 15.5. The van der Waals surface area contributed by atoms with Crippen LogP contribution in [0.3, 0.4) is 0 Å². The molecule has 3 heterocycles. The van der Waals surface area contributed by atoms with Crippen molar-refractivity contribution >= 4 is 11.6 Å². The largest absolute Gasteiger partial charge is 0.366 e. The van der Waals surface area contributed by atoms with Crippen molar-refractivity contribution in [2.24, 2.45) is 0 Å². The first-order valence-corrected chi connectivity index (χ1v) is 9.07. The van der Waals surface area contributed by atoms with Crippen LogP contribution in [0, 0.1) is 13.8 Å². The second-order valence-corrected chi connectivity index (χ2v) is 6.76. The fourth-order valence-corrected chi connectivity index (χ4v) is 3.44. The van der Waals surface area contributed by atoms with Crippen molar-refractivity contribution in [1.29, 1.82) is 0 Å². The maximum absolute atomic E-state index is 11.9. The molecule has 3 aromatic rings. The molecule has 7 nitrogen and oxygen atoms in total. The van der Waals surface area contributed by atoms with Gasteiger partial charge in [-0.15, -0.1) is 0 Å². The first-order chi connectivity index (χ1) is 13.1. The number of rotatable bonds is 3. The van der Waals surface area contributed by atoms with Crippen molar-refractivity contribution in [3.63, 3.8) is 0 Å². The normalized spacial score (nSPS) is 14.4. The number of H-pyrrole nitrogens is 1. The number of hydrogen-bond donors (Lipinski definition) is 1. The summed E-state index contributed by atoms with van der Waals surface area (Å²) in [5.41, 5.74) is 4.42. The van der Waals surface area contributed by atoms with Crippen LogP contribution in [0.25, 0.3) is 11.3 Å². The maximum atomic E-state index is 11.9. The third-order valence-corrected chi connectivity index (χ3v) is 4.71. The fraction of sp³-hybridized carbons (Fsp3) is 0.300. The second kappa shape index (κ2) is 7.19. The van der Waals surface area contributed by atoms with Gasteiger partial charge in [-0.05, 0) is 19.9 Å². The third kappa shape index (κ3) is 3.67. The van der Waals surface area contributed by atoms with E-state index in [9.17, 15) is 4.79 Å². The number of nitrogens with zero attached hydrogens (tertiary/aromatic N) is 5. The van der Waals surface area contributed by atoms with Crippen LogP contribution in [0.2, 0.25) is 0 Å². The number of aromatic nitrogens is 4. The molecule has 4 rings (SSSR count). The van der Waals surface area contributed by atoms with E-state index in [4.69, 9.17) is 0 Å². The summed E-state index contributed by atoms with van der Waals surface area (Å²) in [5.74, 6) is 0.777. The van der Waals surface area contributed by atoms with Crippen LogP contribution in [-0.2, 0) is 0 Å². The number of aromatic amines is 1. The van der Waals surface area contributed by atoms with Gasteiger partial charge in [-0.3, -0.25) is 4.79 Å². The lowest BCUT2D eigenvalue weighted by Crippen LogP contribution is -2.47. The second-order valence-electron chi connectivity index (χ2n) is 6.76. The molecule has 0 saturated carbocycles. The van der Waals surface area contributed by atoms with Crippen molar-refractivity contribution in [3.8, 4) is 11.3 Å². The Hall–Kier alpha value is -3.22. The Morgan fingerprint density at radius 1 is 0.889 bits per heavy atom. The molecule has 0 radical (unpaired) electrons. The molecule has 7 heteroatoms. The molecule has 1 aliphatic heterocycles. The van der Waals surface area contributed by atoms with Crippen molar-refractivity contribution < 1.29 is 0 Å². The van der Waals surface area contributed by atoms with Gasteiger partial charge < -0.3 is 9.80 Å². The minimum absolute atomic E-state index is 0.190. The number of aryl methyl sites for hydroxylation is 2. The number of nitrogens with one attached hydrogen (secondary N) is 1. The van der Waals surface area contributed by atoms with Crippen molar-refractivity contribution in [2.75, 3.05) is 36.0 Å². The molecule has 0 bridgehead atoms. The summed E-state index contributed by atoms with van der Waals surface area (Å²) in [4.78, 5) is 25.4. The summed E-state index contributed by atoms with van der Waals surface area (Å²) in [6.45, 7) is 7.13. The van der Waals surface area contributed by atoms with E-state index >= 15 is 0 Å². The average molecular weight is 362 g/mol. The molecule has 0 amide bonds. The molecule has 1 aliphatic rings. The van der Waals surface area contributed by atoms with Gasteiger partial charge in [0, 0.05) is 49.2 Å². The van der Waals surface area contributed by atoms with Crippen molar-refractivity contribution in [3.05, 3.63) is 64.2 Å².